The number of aromatic nitrogens is 3. The number of nitrogens with zero attached hydrogens (tertiary/aromatic N) is 3. The van der Waals surface area contributed by atoms with E-state index < -0.39 is 6.04 Å². The van der Waals surface area contributed by atoms with Gasteiger partial charge in [-0.1, -0.05) is 33.6 Å². The van der Waals surface area contributed by atoms with Crippen molar-refractivity contribution in [2.45, 2.75) is 65.5 Å². The lowest BCUT2D eigenvalue weighted by Gasteiger charge is -2.35. The van der Waals surface area contributed by atoms with Crippen molar-refractivity contribution >= 4 is 22.5 Å². The zero-order valence-corrected chi connectivity index (χ0v) is 16.9. The fourth-order valence-corrected chi connectivity index (χ4v) is 4.54. The van der Waals surface area contributed by atoms with E-state index in [1.807, 2.05) is 19.9 Å². The molecule has 0 radical (unpaired) electrons. The average molecular weight is 384 g/mol. The van der Waals surface area contributed by atoms with Crippen molar-refractivity contribution in [1.82, 2.24) is 19.5 Å². The third-order valence-corrected chi connectivity index (χ3v) is 6.45. The van der Waals surface area contributed by atoms with Crippen molar-refractivity contribution in [3.63, 3.8) is 0 Å². The summed E-state index contributed by atoms with van der Waals surface area (Å²) in [6, 6.07) is 3.07. The van der Waals surface area contributed by atoms with Crippen LogP contribution in [0.5, 0.6) is 0 Å². The summed E-state index contributed by atoms with van der Waals surface area (Å²) in [5, 5.41) is 7.69. The summed E-state index contributed by atoms with van der Waals surface area (Å²) in [6.45, 7) is 8.19. The van der Waals surface area contributed by atoms with E-state index in [1.54, 1.807) is 16.7 Å². The highest BCUT2D eigenvalue weighted by molar-refractivity contribution is 5.83. The van der Waals surface area contributed by atoms with Crippen LogP contribution >= 0.6 is 0 Å². The van der Waals surface area contributed by atoms with E-state index in [0.717, 1.165) is 18.4 Å². The Labute approximate surface area is 163 Å². The summed E-state index contributed by atoms with van der Waals surface area (Å²) in [4.78, 5) is 26.2. The van der Waals surface area contributed by atoms with E-state index in [1.165, 1.54) is 11.1 Å². The van der Waals surface area contributed by atoms with Gasteiger partial charge in [-0.3, -0.25) is 14.0 Å². The average Bonchev–Trinajstić information content (AvgIpc) is 3.25. The highest BCUT2D eigenvalue weighted by Gasteiger charge is 2.31. The lowest BCUT2D eigenvalue weighted by atomic mass is 9.78. The number of rotatable bonds is 4. The van der Waals surface area contributed by atoms with E-state index in [0.29, 0.717) is 35.2 Å². The first kappa shape index (κ1) is 18.8. The summed E-state index contributed by atoms with van der Waals surface area (Å²) in [6.07, 6.45) is 5.42. The summed E-state index contributed by atoms with van der Waals surface area (Å²) in [5.74, 6) is 1.55. The maximum Gasteiger partial charge on any atom is 0.291 e. The predicted molar refractivity (Wildman–Crippen MR) is 107 cm³/mol. The van der Waals surface area contributed by atoms with Gasteiger partial charge in [0.15, 0.2) is 5.58 Å². The molecule has 7 nitrogen and oxygen atoms in total. The number of hydrogen-bond donors (Lipinski definition) is 1. The first-order chi connectivity index (χ1) is 13.4. The molecule has 1 aliphatic rings. The van der Waals surface area contributed by atoms with Crippen LogP contribution in [0.25, 0.3) is 16.6 Å². The number of carbonyl (C=O) groups is 1. The second kappa shape index (κ2) is 7.11. The molecule has 0 bridgehead atoms. The molecule has 1 fully saturated rings. The molecule has 1 aliphatic carbocycles. The molecule has 28 heavy (non-hydrogen) atoms. The smallest absolute Gasteiger partial charge is 0.291 e. The minimum absolute atomic E-state index is 0.123. The molecule has 1 amide bonds. The van der Waals surface area contributed by atoms with E-state index in [4.69, 9.17) is 4.42 Å². The molecular weight excluding hydrogens is 356 g/mol. The second-order valence-electron chi connectivity index (χ2n) is 8.14. The van der Waals surface area contributed by atoms with Gasteiger partial charge in [0.25, 0.3) is 5.56 Å². The summed E-state index contributed by atoms with van der Waals surface area (Å²) in [7, 11) is 0. The summed E-state index contributed by atoms with van der Waals surface area (Å²) >= 11 is 0. The van der Waals surface area contributed by atoms with Gasteiger partial charge in [0, 0.05) is 18.2 Å². The van der Waals surface area contributed by atoms with E-state index >= 15 is 0 Å². The van der Waals surface area contributed by atoms with Gasteiger partial charge in [0.05, 0.1) is 11.8 Å². The molecule has 0 aromatic carbocycles. The maximum atomic E-state index is 13.1. The Morgan fingerprint density at radius 1 is 1.36 bits per heavy atom. The lowest BCUT2D eigenvalue weighted by molar-refractivity contribution is -0.126. The highest BCUT2D eigenvalue weighted by Crippen LogP contribution is 2.30. The van der Waals surface area contributed by atoms with Gasteiger partial charge in [-0.2, -0.15) is 5.10 Å². The van der Waals surface area contributed by atoms with Crippen molar-refractivity contribution in [3.05, 3.63) is 34.6 Å². The number of furan rings is 1. The minimum Gasteiger partial charge on any atom is -0.463 e. The zero-order valence-electron chi connectivity index (χ0n) is 16.9. The molecule has 0 unspecified atom stereocenters. The molecular formula is C21H28N4O3. The minimum atomic E-state index is -0.623. The van der Waals surface area contributed by atoms with Gasteiger partial charge in [-0.15, -0.1) is 0 Å². The van der Waals surface area contributed by atoms with Gasteiger partial charge < -0.3 is 9.73 Å². The van der Waals surface area contributed by atoms with E-state index in [9.17, 15) is 9.59 Å². The molecule has 1 saturated carbocycles. The Balaban J connectivity index is 1.69. The molecule has 4 atom stereocenters. The fourth-order valence-electron chi connectivity index (χ4n) is 4.54. The monoisotopic (exact) mass is 384 g/mol. The van der Waals surface area contributed by atoms with Crippen LogP contribution in [0, 0.1) is 18.8 Å². The number of fused-ring (bicyclic) bond motifs is 3. The molecule has 0 saturated heterocycles. The number of amides is 1. The molecule has 3 aromatic heterocycles. The quantitative estimate of drug-likeness (QED) is 0.747. The zero-order chi connectivity index (χ0) is 20.0. The van der Waals surface area contributed by atoms with Crippen molar-refractivity contribution < 1.29 is 9.21 Å². The summed E-state index contributed by atoms with van der Waals surface area (Å²) < 4.78 is 8.56. The Morgan fingerprint density at radius 3 is 2.89 bits per heavy atom. The Kier molecular flexibility index (Phi) is 4.77. The number of aryl methyl sites for hydroxylation is 1. The SMILES string of the molecule is CC[C@H](C(=O)N[C@@H]1CCC[C@@H](C)[C@@H]1C)n1nc(C)n2c(cc3occc32)c1=O. The van der Waals surface area contributed by atoms with E-state index in [2.05, 4.69) is 24.3 Å². The van der Waals surface area contributed by atoms with Crippen molar-refractivity contribution in [2.24, 2.45) is 11.8 Å². The van der Waals surface area contributed by atoms with Crippen LogP contribution in [0.4, 0.5) is 0 Å². The normalized spacial score (nSPS) is 23.9. The first-order valence-electron chi connectivity index (χ1n) is 10.2. The highest BCUT2D eigenvalue weighted by atomic mass is 16.3. The first-order valence-corrected chi connectivity index (χ1v) is 10.2. The summed E-state index contributed by atoms with van der Waals surface area (Å²) in [5.41, 5.74) is 1.66. The van der Waals surface area contributed by atoms with Crippen molar-refractivity contribution in [3.8, 4) is 0 Å². The van der Waals surface area contributed by atoms with Gasteiger partial charge in [0.1, 0.15) is 17.4 Å². The topological polar surface area (TPSA) is 81.5 Å². The third-order valence-electron chi connectivity index (χ3n) is 6.45. The molecule has 150 valence electrons. The lowest BCUT2D eigenvalue weighted by Crippen LogP contribution is -2.48. The Bertz CT molecular complexity index is 1080. The molecule has 3 heterocycles. The Morgan fingerprint density at radius 2 is 2.14 bits per heavy atom. The number of carbonyl (C=O) groups excluding carboxylic acids is 1. The van der Waals surface area contributed by atoms with Crippen molar-refractivity contribution in [1.29, 1.82) is 0 Å². The predicted octanol–water partition coefficient (Wildman–Crippen LogP) is 3.44. The van der Waals surface area contributed by atoms with Crippen LogP contribution in [0.3, 0.4) is 0 Å². The number of nitrogens with one attached hydrogen (secondary N) is 1. The molecule has 1 N–H and O–H groups in total. The van der Waals surface area contributed by atoms with E-state index in [-0.39, 0.29) is 17.5 Å². The maximum absolute atomic E-state index is 13.1. The van der Waals surface area contributed by atoms with Gasteiger partial charge in [-0.25, -0.2) is 4.68 Å². The molecule has 4 rings (SSSR count). The molecule has 0 spiro atoms. The van der Waals surface area contributed by atoms with Crippen LogP contribution in [0.2, 0.25) is 0 Å². The standard InChI is InChI=1S/C21H28N4O3/c1-5-16(20(26)22-15-8-6-7-12(2)13(15)3)25-21(27)18-11-19-17(9-10-28-19)24(18)14(4)23-25/h9-13,15-16H,5-8H2,1-4H3,(H,22,26)/t12-,13+,15-,16-/m1/s1. The van der Waals surface area contributed by atoms with Crippen LogP contribution in [-0.4, -0.2) is 26.1 Å². The van der Waals surface area contributed by atoms with Crippen LogP contribution in [0.15, 0.2) is 27.6 Å². The Hall–Kier alpha value is -2.57. The molecule has 0 aliphatic heterocycles. The molecule has 7 heteroatoms. The number of hydrogen-bond acceptors (Lipinski definition) is 4. The van der Waals surface area contributed by atoms with Crippen LogP contribution in [0.1, 0.15) is 58.3 Å². The van der Waals surface area contributed by atoms with Gasteiger partial charge in [-0.05, 0) is 31.6 Å². The van der Waals surface area contributed by atoms with Crippen LogP contribution in [-0.2, 0) is 4.79 Å². The molecule has 3 aromatic rings. The van der Waals surface area contributed by atoms with Crippen LogP contribution < -0.4 is 10.9 Å². The van der Waals surface area contributed by atoms with Gasteiger partial charge in [0.2, 0.25) is 5.91 Å². The largest absolute Gasteiger partial charge is 0.463 e. The van der Waals surface area contributed by atoms with Crippen molar-refractivity contribution in [2.75, 3.05) is 0 Å². The third kappa shape index (κ3) is 2.93. The van der Waals surface area contributed by atoms with Gasteiger partial charge >= 0.3 is 0 Å². The second-order valence-corrected chi connectivity index (χ2v) is 8.14. The fraction of sp³-hybridized carbons (Fsp3) is 0.571.